The molecule has 0 saturated carbocycles. The third-order valence-electron chi connectivity index (χ3n) is 4.50. The molecule has 1 aliphatic heterocycles. The summed E-state index contributed by atoms with van der Waals surface area (Å²) < 4.78 is 0. The first kappa shape index (κ1) is 19.5. The minimum Gasteiger partial charge on any atom is -0.286 e. The van der Waals surface area contributed by atoms with Crippen molar-refractivity contribution in [2.24, 2.45) is 4.99 Å². The average Bonchev–Trinajstić information content (AvgIpc) is 3.04. The van der Waals surface area contributed by atoms with E-state index in [9.17, 15) is 4.79 Å². The van der Waals surface area contributed by atoms with Crippen molar-refractivity contribution in [2.45, 2.75) is 6.42 Å². The molecule has 144 valence electrons. The molecule has 3 aromatic rings. The average molecular weight is 419 g/mol. The van der Waals surface area contributed by atoms with Gasteiger partial charge in [-0.3, -0.25) is 9.69 Å². The van der Waals surface area contributed by atoms with Crippen LogP contribution in [0.25, 0.3) is 6.08 Å². The summed E-state index contributed by atoms with van der Waals surface area (Å²) in [7, 11) is 0. The first-order chi connectivity index (χ1) is 14.2. The highest BCUT2D eigenvalue weighted by Crippen LogP contribution is 2.34. The summed E-state index contributed by atoms with van der Waals surface area (Å²) >= 11 is 7.38. The minimum atomic E-state index is -0.0180. The maximum Gasteiger partial charge on any atom is 0.266 e. The second kappa shape index (κ2) is 9.12. The lowest BCUT2D eigenvalue weighted by Crippen LogP contribution is -2.31. The van der Waals surface area contributed by atoms with Crippen LogP contribution in [0.3, 0.4) is 0 Å². The van der Waals surface area contributed by atoms with Crippen LogP contribution in [-0.2, 0) is 11.2 Å². The summed E-state index contributed by atoms with van der Waals surface area (Å²) in [6.45, 7) is 0.583. The van der Waals surface area contributed by atoms with E-state index in [1.165, 1.54) is 17.3 Å². The van der Waals surface area contributed by atoms with Crippen LogP contribution >= 0.6 is 23.4 Å². The molecule has 0 unspecified atom stereocenters. The van der Waals surface area contributed by atoms with Crippen LogP contribution in [0.1, 0.15) is 11.1 Å². The van der Waals surface area contributed by atoms with Crippen molar-refractivity contribution in [2.75, 3.05) is 6.54 Å². The molecule has 1 heterocycles. The number of amidine groups is 1. The Labute approximate surface area is 179 Å². The highest BCUT2D eigenvalue weighted by atomic mass is 35.5. The first-order valence-corrected chi connectivity index (χ1v) is 10.5. The normalized spacial score (nSPS) is 16.7. The fourth-order valence-electron chi connectivity index (χ4n) is 3.00. The van der Waals surface area contributed by atoms with Gasteiger partial charge in [0.25, 0.3) is 5.91 Å². The highest BCUT2D eigenvalue weighted by molar-refractivity contribution is 8.18. The largest absolute Gasteiger partial charge is 0.286 e. The summed E-state index contributed by atoms with van der Waals surface area (Å²) in [4.78, 5) is 20.3. The lowest BCUT2D eigenvalue weighted by Gasteiger charge is -2.15. The lowest BCUT2D eigenvalue weighted by molar-refractivity contribution is -0.122. The summed E-state index contributed by atoms with van der Waals surface area (Å²) in [5.74, 6) is -0.0180. The first-order valence-electron chi connectivity index (χ1n) is 9.34. The molecular formula is C24H19ClN2OS. The molecular weight excluding hydrogens is 400 g/mol. The number of carbonyl (C=O) groups excluding carboxylic acids is 1. The Balaban J connectivity index is 1.62. The van der Waals surface area contributed by atoms with Gasteiger partial charge in [0.2, 0.25) is 0 Å². The number of para-hydroxylation sites is 1. The van der Waals surface area contributed by atoms with Gasteiger partial charge in [0.15, 0.2) is 5.17 Å². The molecule has 4 rings (SSSR count). The van der Waals surface area contributed by atoms with Gasteiger partial charge in [-0.25, -0.2) is 4.99 Å². The number of rotatable bonds is 5. The Hall–Kier alpha value is -2.82. The molecule has 0 radical (unpaired) electrons. The maximum absolute atomic E-state index is 13.1. The molecule has 29 heavy (non-hydrogen) atoms. The summed E-state index contributed by atoms with van der Waals surface area (Å²) in [5, 5.41) is 1.38. The zero-order valence-corrected chi connectivity index (χ0v) is 17.2. The Morgan fingerprint density at radius 3 is 2.24 bits per heavy atom. The number of aliphatic imine (C=N–C) groups is 1. The molecule has 1 amide bonds. The van der Waals surface area contributed by atoms with Gasteiger partial charge in [-0.2, -0.15) is 0 Å². The fourth-order valence-corrected chi connectivity index (χ4v) is 4.15. The van der Waals surface area contributed by atoms with E-state index in [1.807, 2.05) is 78.9 Å². The van der Waals surface area contributed by atoms with Crippen molar-refractivity contribution >= 4 is 46.2 Å². The van der Waals surface area contributed by atoms with E-state index in [1.54, 1.807) is 4.90 Å². The van der Waals surface area contributed by atoms with Crippen LogP contribution in [-0.4, -0.2) is 22.5 Å². The lowest BCUT2D eigenvalue weighted by atomic mass is 10.1. The number of benzene rings is 3. The molecule has 0 aliphatic carbocycles. The van der Waals surface area contributed by atoms with Gasteiger partial charge < -0.3 is 0 Å². The number of thioether (sulfide) groups is 1. The number of hydrogen-bond acceptors (Lipinski definition) is 3. The number of hydrogen-bond donors (Lipinski definition) is 0. The predicted octanol–water partition coefficient (Wildman–Crippen LogP) is 6.19. The highest BCUT2D eigenvalue weighted by Gasteiger charge is 2.33. The quantitative estimate of drug-likeness (QED) is 0.463. The van der Waals surface area contributed by atoms with Gasteiger partial charge in [0, 0.05) is 11.6 Å². The molecule has 1 aliphatic rings. The number of halogens is 1. The van der Waals surface area contributed by atoms with E-state index in [0.29, 0.717) is 21.6 Å². The minimum absolute atomic E-state index is 0.0180. The van der Waals surface area contributed by atoms with E-state index in [-0.39, 0.29) is 5.91 Å². The molecule has 0 spiro atoms. The number of amides is 1. The number of carbonyl (C=O) groups is 1. The van der Waals surface area contributed by atoms with Gasteiger partial charge in [0.1, 0.15) is 0 Å². The Kier molecular flexibility index (Phi) is 6.13. The van der Waals surface area contributed by atoms with Crippen LogP contribution in [0.5, 0.6) is 0 Å². The van der Waals surface area contributed by atoms with Crippen molar-refractivity contribution in [1.82, 2.24) is 4.90 Å². The fraction of sp³-hybridized carbons (Fsp3) is 0.0833. The second-order valence-corrected chi connectivity index (χ2v) is 8.03. The predicted molar refractivity (Wildman–Crippen MR) is 122 cm³/mol. The standard InChI is InChI=1S/C24H19ClN2OS/c25-20-13-11-19(12-14-20)17-22-23(28)27(16-15-18-7-3-1-4-8-18)24(29-22)26-21-9-5-2-6-10-21/h1-14,17H,15-16H2/b22-17-,26-24?. The SMILES string of the molecule is O=C1/C(=C/c2ccc(Cl)cc2)SC(=Nc2ccccc2)N1CCc1ccccc1. The van der Waals surface area contributed by atoms with E-state index < -0.39 is 0 Å². The molecule has 3 nitrogen and oxygen atoms in total. The van der Waals surface area contributed by atoms with Crippen LogP contribution in [0.15, 0.2) is 94.8 Å². The van der Waals surface area contributed by atoms with Crippen LogP contribution < -0.4 is 0 Å². The molecule has 0 bridgehead atoms. The Morgan fingerprint density at radius 1 is 0.897 bits per heavy atom. The zero-order valence-electron chi connectivity index (χ0n) is 15.7. The third kappa shape index (κ3) is 4.97. The van der Waals surface area contributed by atoms with Crippen molar-refractivity contribution in [3.8, 4) is 0 Å². The van der Waals surface area contributed by atoms with E-state index >= 15 is 0 Å². The van der Waals surface area contributed by atoms with Gasteiger partial charge in [0.05, 0.1) is 10.6 Å². The van der Waals surface area contributed by atoms with Gasteiger partial charge >= 0.3 is 0 Å². The summed E-state index contributed by atoms with van der Waals surface area (Å²) in [6, 6.07) is 27.4. The molecule has 1 fully saturated rings. The van der Waals surface area contributed by atoms with Crippen molar-refractivity contribution in [1.29, 1.82) is 0 Å². The van der Waals surface area contributed by atoms with Crippen LogP contribution in [0.2, 0.25) is 5.02 Å². The van der Waals surface area contributed by atoms with E-state index in [0.717, 1.165) is 17.7 Å². The number of nitrogens with zero attached hydrogens (tertiary/aromatic N) is 2. The molecule has 3 aromatic carbocycles. The zero-order chi connectivity index (χ0) is 20.1. The van der Waals surface area contributed by atoms with Crippen LogP contribution in [0, 0.1) is 0 Å². The molecule has 0 aromatic heterocycles. The molecule has 0 N–H and O–H groups in total. The Bertz CT molecular complexity index is 1050. The van der Waals surface area contributed by atoms with Crippen LogP contribution in [0.4, 0.5) is 5.69 Å². The van der Waals surface area contributed by atoms with Gasteiger partial charge in [-0.05, 0) is 59.7 Å². The van der Waals surface area contributed by atoms with E-state index in [2.05, 4.69) is 12.1 Å². The maximum atomic E-state index is 13.1. The summed E-state index contributed by atoms with van der Waals surface area (Å²) in [6.07, 6.45) is 2.67. The topological polar surface area (TPSA) is 32.7 Å². The summed E-state index contributed by atoms with van der Waals surface area (Å²) in [5.41, 5.74) is 2.97. The molecule has 1 saturated heterocycles. The Morgan fingerprint density at radius 2 is 1.55 bits per heavy atom. The third-order valence-corrected chi connectivity index (χ3v) is 5.76. The van der Waals surface area contributed by atoms with Crippen molar-refractivity contribution in [3.63, 3.8) is 0 Å². The smallest absolute Gasteiger partial charge is 0.266 e. The van der Waals surface area contributed by atoms with Gasteiger partial charge in [-0.1, -0.05) is 72.3 Å². The van der Waals surface area contributed by atoms with Crippen molar-refractivity contribution in [3.05, 3.63) is 106 Å². The molecule has 5 heteroatoms. The van der Waals surface area contributed by atoms with Crippen molar-refractivity contribution < 1.29 is 4.79 Å². The monoisotopic (exact) mass is 418 g/mol. The second-order valence-electron chi connectivity index (χ2n) is 6.58. The molecule has 0 atom stereocenters. The van der Waals surface area contributed by atoms with Gasteiger partial charge in [-0.15, -0.1) is 0 Å². The van der Waals surface area contributed by atoms with E-state index in [4.69, 9.17) is 16.6 Å².